The fourth-order valence-electron chi connectivity index (χ4n) is 4.51. The Morgan fingerprint density at radius 2 is 1.53 bits per heavy atom. The number of hydrogen-bond donors (Lipinski definition) is 0. The summed E-state index contributed by atoms with van der Waals surface area (Å²) in [5.41, 5.74) is 7.62. The third-order valence-electron chi connectivity index (χ3n) is 5.93. The first kappa shape index (κ1) is 18.4. The minimum atomic E-state index is -0.284. The maximum atomic E-state index is 12.4. The van der Waals surface area contributed by atoms with Crippen molar-refractivity contribution in [3.05, 3.63) is 113 Å². The predicted molar refractivity (Wildman–Crippen MR) is 118 cm³/mol. The van der Waals surface area contributed by atoms with Crippen molar-refractivity contribution in [1.29, 1.82) is 0 Å². The Bertz CT molecular complexity index is 1240. The Balaban J connectivity index is 1.76. The molecule has 1 amide bonds. The van der Waals surface area contributed by atoms with E-state index in [4.69, 9.17) is 0 Å². The van der Waals surface area contributed by atoms with Gasteiger partial charge in [0.1, 0.15) is 17.9 Å². The second-order valence-electron chi connectivity index (χ2n) is 7.66. The van der Waals surface area contributed by atoms with Gasteiger partial charge in [0.15, 0.2) is 5.69 Å². The van der Waals surface area contributed by atoms with Gasteiger partial charge >= 0.3 is 0 Å². The second-order valence-corrected chi connectivity index (χ2v) is 7.66. The number of allylic oxidation sites excluding steroid dienone is 2. The number of carbonyl (C=O) groups excluding carboxylic acids is 1. The number of nitrogens with zero attached hydrogens (tertiary/aromatic N) is 3. The summed E-state index contributed by atoms with van der Waals surface area (Å²) >= 11 is 0. The van der Waals surface area contributed by atoms with Crippen LogP contribution in [0, 0.1) is 6.08 Å². The largest absolute Gasteiger partial charge is 0.297 e. The van der Waals surface area contributed by atoms with E-state index in [2.05, 4.69) is 77.8 Å². The topological polar surface area (TPSA) is 41.8 Å². The molecule has 1 radical (unpaired) electrons. The van der Waals surface area contributed by atoms with Gasteiger partial charge in [-0.15, -0.1) is 5.11 Å². The highest BCUT2D eigenvalue weighted by Gasteiger charge is 2.44. The molecule has 0 spiro atoms. The SMILES string of the molecule is CC1=[C]c2c(C3=C(C)N=NC3=O)cccc2[N+]1(Cc1ccccc1)c1ccccc1. The van der Waals surface area contributed by atoms with Crippen LogP contribution in [0.15, 0.2) is 100 Å². The first-order valence-electron chi connectivity index (χ1n) is 10.0. The lowest BCUT2D eigenvalue weighted by Crippen LogP contribution is -2.39. The van der Waals surface area contributed by atoms with Gasteiger partial charge in [-0.3, -0.25) is 4.79 Å². The van der Waals surface area contributed by atoms with Crippen LogP contribution >= 0.6 is 0 Å². The summed E-state index contributed by atoms with van der Waals surface area (Å²) in [5, 5.41) is 7.75. The number of fused-ring (bicyclic) bond motifs is 1. The lowest BCUT2D eigenvalue weighted by atomic mass is 9.96. The molecule has 0 aromatic heterocycles. The number of hydrogen-bond acceptors (Lipinski definition) is 2. The van der Waals surface area contributed by atoms with E-state index in [0.29, 0.717) is 15.8 Å². The predicted octanol–water partition coefficient (Wildman–Crippen LogP) is 6.32. The number of benzene rings is 3. The number of rotatable bonds is 4. The van der Waals surface area contributed by atoms with Crippen LogP contribution in [-0.2, 0) is 11.3 Å². The van der Waals surface area contributed by atoms with E-state index < -0.39 is 0 Å². The van der Waals surface area contributed by atoms with Gasteiger partial charge in [0.25, 0.3) is 5.91 Å². The summed E-state index contributed by atoms with van der Waals surface area (Å²) in [6.07, 6.45) is 3.61. The van der Waals surface area contributed by atoms with Gasteiger partial charge in [-0.2, -0.15) is 5.11 Å². The minimum Gasteiger partial charge on any atom is -0.265 e. The molecule has 0 N–H and O–H groups in total. The van der Waals surface area contributed by atoms with E-state index in [1.807, 2.05) is 31.2 Å². The normalized spacial score (nSPS) is 19.9. The molecule has 5 rings (SSSR count). The van der Waals surface area contributed by atoms with Crippen molar-refractivity contribution in [3.63, 3.8) is 0 Å². The smallest absolute Gasteiger partial charge is 0.265 e. The Morgan fingerprint density at radius 3 is 2.20 bits per heavy atom. The molecule has 4 nitrogen and oxygen atoms in total. The molecule has 2 heterocycles. The van der Waals surface area contributed by atoms with Crippen LogP contribution in [0.4, 0.5) is 11.4 Å². The summed E-state index contributed by atoms with van der Waals surface area (Å²) < 4.78 is 0.544. The van der Waals surface area contributed by atoms with Gasteiger partial charge in [0.05, 0.1) is 22.9 Å². The van der Waals surface area contributed by atoms with E-state index in [0.717, 1.165) is 29.1 Å². The molecule has 2 aliphatic rings. The van der Waals surface area contributed by atoms with Crippen LogP contribution in [0.25, 0.3) is 5.57 Å². The molecule has 1 atom stereocenters. The van der Waals surface area contributed by atoms with Crippen molar-refractivity contribution >= 4 is 22.9 Å². The third kappa shape index (κ3) is 2.69. The van der Waals surface area contributed by atoms with E-state index >= 15 is 0 Å². The quantitative estimate of drug-likeness (QED) is 0.480. The van der Waals surface area contributed by atoms with Crippen LogP contribution in [-0.4, -0.2) is 5.91 Å². The van der Waals surface area contributed by atoms with E-state index in [-0.39, 0.29) is 5.91 Å². The molecule has 3 aromatic carbocycles. The molecule has 2 aliphatic heterocycles. The molecule has 3 aromatic rings. The highest BCUT2D eigenvalue weighted by atomic mass is 16.2. The Kier molecular flexibility index (Phi) is 4.30. The molecular weight excluding hydrogens is 370 g/mol. The monoisotopic (exact) mass is 391 g/mol. The molecule has 0 bridgehead atoms. The second kappa shape index (κ2) is 7.01. The summed E-state index contributed by atoms with van der Waals surface area (Å²) in [6.45, 7) is 4.71. The van der Waals surface area contributed by atoms with Crippen molar-refractivity contribution in [2.24, 2.45) is 10.2 Å². The highest BCUT2D eigenvalue weighted by Crippen LogP contribution is 2.50. The highest BCUT2D eigenvalue weighted by molar-refractivity contribution is 6.22. The van der Waals surface area contributed by atoms with Crippen LogP contribution in [0.5, 0.6) is 0 Å². The lowest BCUT2D eigenvalue weighted by Gasteiger charge is -2.35. The number of carbonyl (C=O) groups is 1. The zero-order valence-corrected chi connectivity index (χ0v) is 17.0. The average molecular weight is 391 g/mol. The van der Waals surface area contributed by atoms with Crippen molar-refractivity contribution in [2.75, 3.05) is 0 Å². The fourth-order valence-corrected chi connectivity index (χ4v) is 4.51. The molecule has 145 valence electrons. The molecular formula is C26H21N3O+. The molecule has 30 heavy (non-hydrogen) atoms. The van der Waals surface area contributed by atoms with Gasteiger partial charge in [-0.25, -0.2) is 4.48 Å². The number of amides is 1. The number of para-hydroxylation sites is 1. The zero-order valence-electron chi connectivity index (χ0n) is 17.0. The van der Waals surface area contributed by atoms with E-state index in [1.165, 1.54) is 11.3 Å². The van der Waals surface area contributed by atoms with Crippen LogP contribution in [0.1, 0.15) is 30.5 Å². The molecule has 4 heteroatoms. The van der Waals surface area contributed by atoms with Gasteiger partial charge < -0.3 is 0 Å². The summed E-state index contributed by atoms with van der Waals surface area (Å²) in [6, 6.07) is 27.1. The van der Waals surface area contributed by atoms with Crippen molar-refractivity contribution < 1.29 is 4.79 Å². The van der Waals surface area contributed by atoms with Crippen molar-refractivity contribution in [2.45, 2.75) is 20.4 Å². The van der Waals surface area contributed by atoms with Gasteiger partial charge in [-0.05, 0) is 19.1 Å². The molecule has 1 unspecified atom stereocenters. The molecule has 0 aliphatic carbocycles. The summed E-state index contributed by atoms with van der Waals surface area (Å²) in [7, 11) is 0. The van der Waals surface area contributed by atoms with Crippen molar-refractivity contribution in [3.8, 4) is 0 Å². The lowest BCUT2D eigenvalue weighted by molar-refractivity contribution is -0.112. The third-order valence-corrected chi connectivity index (χ3v) is 5.93. The number of azo groups is 1. The molecule has 0 saturated carbocycles. The van der Waals surface area contributed by atoms with Crippen LogP contribution in [0.3, 0.4) is 0 Å². The Labute approximate surface area is 176 Å². The van der Waals surface area contributed by atoms with E-state index in [1.54, 1.807) is 0 Å². The van der Waals surface area contributed by atoms with Gasteiger partial charge in [0, 0.05) is 24.1 Å². The molecule has 0 saturated heterocycles. The average Bonchev–Trinajstić information content (AvgIpc) is 3.26. The first-order valence-corrected chi connectivity index (χ1v) is 10.0. The fraction of sp³-hybridized carbons (Fsp3) is 0.115. The minimum absolute atomic E-state index is 0.284. The first-order chi connectivity index (χ1) is 14.6. The number of quaternary nitrogens is 1. The van der Waals surface area contributed by atoms with Gasteiger partial charge in [0.2, 0.25) is 0 Å². The zero-order chi connectivity index (χ0) is 20.7. The Hall–Kier alpha value is -3.63. The van der Waals surface area contributed by atoms with Crippen LogP contribution < -0.4 is 4.48 Å². The van der Waals surface area contributed by atoms with Crippen LogP contribution in [0.2, 0.25) is 0 Å². The maximum absolute atomic E-state index is 12.4. The maximum Gasteiger partial charge on any atom is 0.297 e. The van der Waals surface area contributed by atoms with Crippen molar-refractivity contribution in [1.82, 2.24) is 4.48 Å². The van der Waals surface area contributed by atoms with Gasteiger partial charge in [-0.1, -0.05) is 60.7 Å². The standard InChI is InChI=1S/C26H21N3O/c1-18-16-23-22(25-19(2)27-28-26(25)30)14-9-15-24(23)29(18,21-12-7-4-8-13-21)17-20-10-5-3-6-11-20/h3-15H,17H2,1-2H3/q+1. The summed E-state index contributed by atoms with van der Waals surface area (Å²) in [4.78, 5) is 12.4. The Morgan fingerprint density at radius 1 is 0.833 bits per heavy atom. The molecule has 0 fully saturated rings. The summed E-state index contributed by atoms with van der Waals surface area (Å²) in [5.74, 6) is -0.284. The van der Waals surface area contributed by atoms with E-state index in [9.17, 15) is 4.79 Å².